The van der Waals surface area contributed by atoms with Crippen molar-refractivity contribution < 1.29 is 0 Å². The first-order valence-corrected chi connectivity index (χ1v) is 6.34. The fraction of sp³-hybridized carbons (Fsp3) is 0.769. The molecule has 0 saturated carbocycles. The zero-order valence-corrected chi connectivity index (χ0v) is 11.0. The number of hydrogen-bond acceptors (Lipinski definition) is 2. The van der Waals surface area contributed by atoms with E-state index in [1.807, 2.05) is 6.20 Å². The molecular formula is C13H25N3. The first-order chi connectivity index (χ1) is 7.63. The van der Waals surface area contributed by atoms with E-state index in [1.54, 1.807) is 0 Å². The van der Waals surface area contributed by atoms with Crippen molar-refractivity contribution in [2.45, 2.75) is 40.7 Å². The van der Waals surface area contributed by atoms with E-state index in [2.05, 4.69) is 48.9 Å². The summed E-state index contributed by atoms with van der Waals surface area (Å²) in [5.74, 6) is 1.40. The Morgan fingerprint density at radius 3 is 2.69 bits per heavy atom. The zero-order valence-electron chi connectivity index (χ0n) is 11.0. The van der Waals surface area contributed by atoms with Gasteiger partial charge >= 0.3 is 0 Å². The van der Waals surface area contributed by atoms with Crippen molar-refractivity contribution in [3.8, 4) is 0 Å². The SMILES string of the molecule is CCn1nccc1CC(C)CNCC(C)C. The quantitative estimate of drug-likeness (QED) is 0.769. The largest absolute Gasteiger partial charge is 0.316 e. The van der Waals surface area contributed by atoms with Crippen LogP contribution in [-0.4, -0.2) is 22.9 Å². The Morgan fingerprint density at radius 2 is 2.06 bits per heavy atom. The van der Waals surface area contributed by atoms with E-state index in [1.165, 1.54) is 5.69 Å². The molecular weight excluding hydrogens is 198 g/mol. The normalized spacial score (nSPS) is 13.3. The highest BCUT2D eigenvalue weighted by Gasteiger charge is 2.07. The van der Waals surface area contributed by atoms with Crippen LogP contribution < -0.4 is 5.32 Å². The van der Waals surface area contributed by atoms with Crippen LogP contribution in [0.3, 0.4) is 0 Å². The van der Waals surface area contributed by atoms with Crippen LogP contribution in [-0.2, 0) is 13.0 Å². The van der Waals surface area contributed by atoms with E-state index >= 15 is 0 Å². The average Bonchev–Trinajstić information content (AvgIpc) is 2.64. The highest BCUT2D eigenvalue weighted by atomic mass is 15.3. The van der Waals surface area contributed by atoms with E-state index in [0.29, 0.717) is 5.92 Å². The monoisotopic (exact) mass is 223 g/mol. The van der Waals surface area contributed by atoms with Gasteiger partial charge in [0.25, 0.3) is 0 Å². The van der Waals surface area contributed by atoms with E-state index in [4.69, 9.17) is 0 Å². The molecule has 0 spiro atoms. The Bertz CT molecular complexity index is 291. The first-order valence-electron chi connectivity index (χ1n) is 6.34. The number of aryl methyl sites for hydroxylation is 1. The molecule has 3 heteroatoms. The van der Waals surface area contributed by atoms with Crippen molar-refractivity contribution in [2.75, 3.05) is 13.1 Å². The maximum absolute atomic E-state index is 4.29. The van der Waals surface area contributed by atoms with Crippen LogP contribution >= 0.6 is 0 Å². The molecule has 1 rings (SSSR count). The van der Waals surface area contributed by atoms with Crippen molar-refractivity contribution in [3.05, 3.63) is 18.0 Å². The molecule has 0 fully saturated rings. The summed E-state index contributed by atoms with van der Waals surface area (Å²) in [6, 6.07) is 2.13. The minimum atomic E-state index is 0.667. The van der Waals surface area contributed by atoms with Gasteiger partial charge in [-0.1, -0.05) is 20.8 Å². The lowest BCUT2D eigenvalue weighted by Gasteiger charge is -2.14. The van der Waals surface area contributed by atoms with Crippen molar-refractivity contribution in [3.63, 3.8) is 0 Å². The van der Waals surface area contributed by atoms with E-state index < -0.39 is 0 Å². The molecule has 0 aromatic carbocycles. The summed E-state index contributed by atoms with van der Waals surface area (Å²) in [5.41, 5.74) is 1.35. The second-order valence-corrected chi connectivity index (χ2v) is 5.00. The van der Waals surface area contributed by atoms with Gasteiger partial charge in [0.1, 0.15) is 0 Å². The van der Waals surface area contributed by atoms with Gasteiger partial charge < -0.3 is 5.32 Å². The third-order valence-corrected chi connectivity index (χ3v) is 2.71. The molecule has 0 amide bonds. The molecule has 1 atom stereocenters. The molecule has 1 heterocycles. The van der Waals surface area contributed by atoms with Gasteiger partial charge in [-0.05, 0) is 44.3 Å². The second kappa shape index (κ2) is 6.69. The summed E-state index contributed by atoms with van der Waals surface area (Å²) in [5, 5.41) is 7.80. The molecule has 1 aromatic rings. The maximum Gasteiger partial charge on any atom is 0.0492 e. The lowest BCUT2D eigenvalue weighted by atomic mass is 10.1. The summed E-state index contributed by atoms with van der Waals surface area (Å²) in [4.78, 5) is 0. The average molecular weight is 223 g/mol. The number of nitrogens with one attached hydrogen (secondary N) is 1. The summed E-state index contributed by atoms with van der Waals surface area (Å²) >= 11 is 0. The lowest BCUT2D eigenvalue weighted by Crippen LogP contribution is -2.26. The van der Waals surface area contributed by atoms with E-state index in [-0.39, 0.29) is 0 Å². The summed E-state index contributed by atoms with van der Waals surface area (Å²) in [6.07, 6.45) is 3.01. The van der Waals surface area contributed by atoms with Gasteiger partial charge in [0.2, 0.25) is 0 Å². The molecule has 16 heavy (non-hydrogen) atoms. The fourth-order valence-electron chi connectivity index (χ4n) is 1.87. The Morgan fingerprint density at radius 1 is 1.31 bits per heavy atom. The predicted molar refractivity (Wildman–Crippen MR) is 68.5 cm³/mol. The van der Waals surface area contributed by atoms with Gasteiger partial charge in [0.15, 0.2) is 0 Å². The minimum absolute atomic E-state index is 0.667. The topological polar surface area (TPSA) is 29.9 Å². The molecule has 0 aliphatic rings. The van der Waals surface area contributed by atoms with Crippen molar-refractivity contribution in [1.82, 2.24) is 15.1 Å². The van der Waals surface area contributed by atoms with Crippen LogP contribution in [0.15, 0.2) is 12.3 Å². The predicted octanol–water partition coefficient (Wildman–Crippen LogP) is 2.33. The first kappa shape index (κ1) is 13.2. The van der Waals surface area contributed by atoms with Crippen LogP contribution in [0.1, 0.15) is 33.4 Å². The molecule has 92 valence electrons. The van der Waals surface area contributed by atoms with E-state index in [9.17, 15) is 0 Å². The third-order valence-electron chi connectivity index (χ3n) is 2.71. The minimum Gasteiger partial charge on any atom is -0.316 e. The van der Waals surface area contributed by atoms with Crippen molar-refractivity contribution in [2.24, 2.45) is 11.8 Å². The Labute approximate surface area is 99.2 Å². The lowest BCUT2D eigenvalue weighted by molar-refractivity contribution is 0.460. The van der Waals surface area contributed by atoms with Gasteiger partial charge in [-0.2, -0.15) is 5.10 Å². The molecule has 1 N–H and O–H groups in total. The highest BCUT2D eigenvalue weighted by molar-refractivity contribution is 5.01. The Kier molecular flexibility index (Phi) is 5.53. The number of nitrogens with zero attached hydrogens (tertiary/aromatic N) is 2. The number of rotatable bonds is 7. The van der Waals surface area contributed by atoms with Gasteiger partial charge in [0.05, 0.1) is 0 Å². The molecule has 1 aromatic heterocycles. The van der Waals surface area contributed by atoms with Crippen LogP contribution in [0, 0.1) is 11.8 Å². The van der Waals surface area contributed by atoms with Gasteiger partial charge in [-0.3, -0.25) is 4.68 Å². The van der Waals surface area contributed by atoms with Crippen LogP contribution in [0.4, 0.5) is 0 Å². The van der Waals surface area contributed by atoms with Crippen LogP contribution in [0.2, 0.25) is 0 Å². The summed E-state index contributed by atoms with van der Waals surface area (Å²) in [6.45, 7) is 12.1. The smallest absolute Gasteiger partial charge is 0.0492 e. The van der Waals surface area contributed by atoms with Gasteiger partial charge in [0, 0.05) is 18.4 Å². The maximum atomic E-state index is 4.29. The van der Waals surface area contributed by atoms with Gasteiger partial charge in [-0.25, -0.2) is 0 Å². The van der Waals surface area contributed by atoms with Crippen LogP contribution in [0.5, 0.6) is 0 Å². The third kappa shape index (κ3) is 4.35. The second-order valence-electron chi connectivity index (χ2n) is 5.00. The van der Waals surface area contributed by atoms with E-state index in [0.717, 1.165) is 32.0 Å². The zero-order chi connectivity index (χ0) is 12.0. The molecule has 1 unspecified atom stereocenters. The molecule has 0 aliphatic carbocycles. The van der Waals surface area contributed by atoms with Crippen molar-refractivity contribution >= 4 is 0 Å². The summed E-state index contributed by atoms with van der Waals surface area (Å²) in [7, 11) is 0. The standard InChI is InChI=1S/C13H25N3/c1-5-16-13(6-7-15-16)8-12(4)10-14-9-11(2)3/h6-7,11-12,14H,5,8-10H2,1-4H3. The number of aromatic nitrogens is 2. The molecule has 0 aliphatic heterocycles. The highest BCUT2D eigenvalue weighted by Crippen LogP contribution is 2.07. The fourth-order valence-corrected chi connectivity index (χ4v) is 1.87. The van der Waals surface area contributed by atoms with Crippen molar-refractivity contribution in [1.29, 1.82) is 0 Å². The number of hydrogen-bond donors (Lipinski definition) is 1. The molecule has 0 saturated heterocycles. The molecule has 0 bridgehead atoms. The molecule has 3 nitrogen and oxygen atoms in total. The Hall–Kier alpha value is -0.830. The summed E-state index contributed by atoms with van der Waals surface area (Å²) < 4.78 is 2.08. The van der Waals surface area contributed by atoms with Gasteiger partial charge in [-0.15, -0.1) is 0 Å². The van der Waals surface area contributed by atoms with Crippen LogP contribution in [0.25, 0.3) is 0 Å². The Balaban J connectivity index is 2.31. The molecule has 0 radical (unpaired) electrons.